The van der Waals surface area contributed by atoms with E-state index in [0.29, 0.717) is 0 Å². The molecule has 3 heteroatoms. The van der Waals surface area contributed by atoms with Gasteiger partial charge in [0.15, 0.2) is 0 Å². The van der Waals surface area contributed by atoms with Gasteiger partial charge in [0.1, 0.15) is 5.82 Å². The van der Waals surface area contributed by atoms with Gasteiger partial charge in [-0.2, -0.15) is 4.39 Å². The fourth-order valence-electron chi connectivity index (χ4n) is 1.76. The lowest BCUT2D eigenvalue weighted by Crippen LogP contribution is -2.27. The van der Waals surface area contributed by atoms with Crippen LogP contribution in [-0.4, -0.2) is 18.1 Å². The molecule has 0 bridgehead atoms. The first-order chi connectivity index (χ1) is 7.29. The van der Waals surface area contributed by atoms with Crippen LogP contribution in [0.15, 0.2) is 18.2 Å². The molecule has 0 saturated heterocycles. The highest BCUT2D eigenvalue weighted by Crippen LogP contribution is 2.31. The first-order valence-corrected chi connectivity index (χ1v) is 5.67. The van der Waals surface area contributed by atoms with Crippen LogP contribution in [0.25, 0.3) is 0 Å². The van der Waals surface area contributed by atoms with Crippen molar-refractivity contribution in [3.63, 3.8) is 0 Å². The summed E-state index contributed by atoms with van der Waals surface area (Å²) in [5.74, 6) is 1.20. The molecule has 0 unspecified atom stereocenters. The topological polar surface area (TPSA) is 16.1 Å². The molecule has 1 aliphatic carbocycles. The summed E-state index contributed by atoms with van der Waals surface area (Å²) in [6.45, 7) is 4.14. The Kier molecular flexibility index (Phi) is 3.19. The standard InChI is InChI=1S/C12H17FN2/c1-2-8-15(9-10-6-7-10)12-5-3-4-11(13)14-12/h3-5,10H,2,6-9H2,1H3. The maximum Gasteiger partial charge on any atom is 0.214 e. The second kappa shape index (κ2) is 4.60. The van der Waals surface area contributed by atoms with E-state index in [1.54, 1.807) is 6.07 Å². The molecule has 0 spiro atoms. The molecule has 1 aromatic heterocycles. The Morgan fingerprint density at radius 3 is 2.87 bits per heavy atom. The third kappa shape index (κ3) is 2.91. The Morgan fingerprint density at radius 1 is 1.47 bits per heavy atom. The van der Waals surface area contributed by atoms with Gasteiger partial charge in [-0.15, -0.1) is 0 Å². The number of anilines is 1. The average Bonchev–Trinajstić information content (AvgIpc) is 3.01. The number of hydrogen-bond acceptors (Lipinski definition) is 2. The number of nitrogens with zero attached hydrogens (tertiary/aromatic N) is 2. The van der Waals surface area contributed by atoms with Crippen molar-refractivity contribution in [2.24, 2.45) is 5.92 Å². The summed E-state index contributed by atoms with van der Waals surface area (Å²) < 4.78 is 13.0. The molecule has 82 valence electrons. The highest BCUT2D eigenvalue weighted by molar-refractivity contribution is 5.38. The molecule has 0 atom stereocenters. The Labute approximate surface area is 90.1 Å². The minimum absolute atomic E-state index is 0.385. The molecular formula is C12H17FN2. The average molecular weight is 208 g/mol. The van der Waals surface area contributed by atoms with Gasteiger partial charge in [0, 0.05) is 13.1 Å². The second-order valence-corrected chi connectivity index (χ2v) is 4.21. The zero-order chi connectivity index (χ0) is 10.7. The Balaban J connectivity index is 2.07. The highest BCUT2D eigenvalue weighted by Gasteiger charge is 2.24. The summed E-state index contributed by atoms with van der Waals surface area (Å²) in [4.78, 5) is 6.13. The van der Waals surface area contributed by atoms with Crippen molar-refractivity contribution in [3.05, 3.63) is 24.1 Å². The van der Waals surface area contributed by atoms with Crippen LogP contribution in [0, 0.1) is 11.9 Å². The maximum atomic E-state index is 13.0. The molecule has 0 amide bonds. The van der Waals surface area contributed by atoms with Crippen LogP contribution >= 0.6 is 0 Å². The van der Waals surface area contributed by atoms with Gasteiger partial charge < -0.3 is 4.90 Å². The Bertz CT molecular complexity index is 323. The number of halogens is 1. The number of hydrogen-bond donors (Lipinski definition) is 0. The molecule has 2 nitrogen and oxygen atoms in total. The normalized spacial score (nSPS) is 15.3. The second-order valence-electron chi connectivity index (χ2n) is 4.21. The largest absolute Gasteiger partial charge is 0.356 e. The predicted octanol–water partition coefficient (Wildman–Crippen LogP) is 2.85. The Morgan fingerprint density at radius 2 is 2.27 bits per heavy atom. The molecule has 1 saturated carbocycles. The van der Waals surface area contributed by atoms with Crippen molar-refractivity contribution >= 4 is 5.82 Å². The van der Waals surface area contributed by atoms with Crippen LogP contribution in [0.3, 0.4) is 0 Å². The summed E-state index contributed by atoms with van der Waals surface area (Å²) in [6, 6.07) is 5.01. The molecule has 1 aliphatic rings. The highest BCUT2D eigenvalue weighted by atomic mass is 19.1. The third-order valence-corrected chi connectivity index (χ3v) is 2.69. The zero-order valence-electron chi connectivity index (χ0n) is 9.12. The molecule has 2 rings (SSSR count). The summed E-state index contributed by atoms with van der Waals surface area (Å²) in [6.07, 6.45) is 3.70. The first-order valence-electron chi connectivity index (χ1n) is 5.67. The van der Waals surface area contributed by atoms with Crippen LogP contribution in [0.2, 0.25) is 0 Å². The van der Waals surface area contributed by atoms with Crippen molar-refractivity contribution in [1.29, 1.82) is 0 Å². The molecule has 0 aliphatic heterocycles. The van der Waals surface area contributed by atoms with E-state index in [1.165, 1.54) is 18.9 Å². The van der Waals surface area contributed by atoms with Crippen LogP contribution in [0.1, 0.15) is 26.2 Å². The Hall–Kier alpha value is -1.12. The van der Waals surface area contributed by atoms with Gasteiger partial charge in [-0.1, -0.05) is 13.0 Å². The van der Waals surface area contributed by atoms with Gasteiger partial charge in [-0.25, -0.2) is 4.98 Å². The minimum Gasteiger partial charge on any atom is -0.356 e. The monoisotopic (exact) mass is 208 g/mol. The van der Waals surface area contributed by atoms with Crippen molar-refractivity contribution in [3.8, 4) is 0 Å². The van der Waals surface area contributed by atoms with Gasteiger partial charge in [0.05, 0.1) is 0 Å². The van der Waals surface area contributed by atoms with Crippen LogP contribution in [0.5, 0.6) is 0 Å². The summed E-state index contributed by atoms with van der Waals surface area (Å²) in [5.41, 5.74) is 0. The quantitative estimate of drug-likeness (QED) is 0.692. The number of aromatic nitrogens is 1. The number of pyridine rings is 1. The number of rotatable bonds is 5. The zero-order valence-corrected chi connectivity index (χ0v) is 9.12. The van der Waals surface area contributed by atoms with Crippen molar-refractivity contribution in [2.75, 3.05) is 18.0 Å². The molecule has 15 heavy (non-hydrogen) atoms. The van der Waals surface area contributed by atoms with E-state index < -0.39 is 0 Å². The molecule has 0 N–H and O–H groups in total. The molecule has 1 aromatic rings. The smallest absolute Gasteiger partial charge is 0.214 e. The summed E-state index contributed by atoms with van der Waals surface area (Å²) in [5, 5.41) is 0. The van der Waals surface area contributed by atoms with E-state index in [-0.39, 0.29) is 5.95 Å². The molecular weight excluding hydrogens is 191 g/mol. The fraction of sp³-hybridized carbons (Fsp3) is 0.583. The minimum atomic E-state index is -0.385. The first kappa shape index (κ1) is 10.4. The van der Waals surface area contributed by atoms with E-state index in [9.17, 15) is 4.39 Å². The molecule has 1 heterocycles. The fourth-order valence-corrected chi connectivity index (χ4v) is 1.76. The lowest BCUT2D eigenvalue weighted by atomic mass is 10.3. The lowest BCUT2D eigenvalue weighted by molar-refractivity contribution is 0.578. The van der Waals surface area contributed by atoms with Crippen LogP contribution in [0.4, 0.5) is 10.2 Å². The summed E-state index contributed by atoms with van der Waals surface area (Å²) >= 11 is 0. The van der Waals surface area contributed by atoms with Gasteiger partial charge in [0.2, 0.25) is 5.95 Å². The SMILES string of the molecule is CCCN(CC1CC1)c1cccc(F)n1. The molecule has 0 radical (unpaired) electrons. The van der Waals surface area contributed by atoms with Crippen LogP contribution in [-0.2, 0) is 0 Å². The van der Waals surface area contributed by atoms with E-state index in [2.05, 4.69) is 16.8 Å². The van der Waals surface area contributed by atoms with Gasteiger partial charge in [0.25, 0.3) is 0 Å². The van der Waals surface area contributed by atoms with E-state index in [0.717, 1.165) is 31.2 Å². The van der Waals surface area contributed by atoms with Crippen molar-refractivity contribution in [2.45, 2.75) is 26.2 Å². The maximum absolute atomic E-state index is 13.0. The molecule has 1 fully saturated rings. The predicted molar refractivity (Wildman–Crippen MR) is 59.4 cm³/mol. The van der Waals surface area contributed by atoms with E-state index in [4.69, 9.17) is 0 Å². The van der Waals surface area contributed by atoms with Gasteiger partial charge in [-0.05, 0) is 37.3 Å². The van der Waals surface area contributed by atoms with E-state index in [1.807, 2.05) is 6.07 Å². The third-order valence-electron chi connectivity index (χ3n) is 2.69. The van der Waals surface area contributed by atoms with Crippen molar-refractivity contribution < 1.29 is 4.39 Å². The lowest BCUT2D eigenvalue weighted by Gasteiger charge is -2.22. The van der Waals surface area contributed by atoms with E-state index >= 15 is 0 Å². The van der Waals surface area contributed by atoms with Crippen LogP contribution < -0.4 is 4.90 Å². The molecule has 0 aromatic carbocycles. The van der Waals surface area contributed by atoms with Crippen molar-refractivity contribution in [1.82, 2.24) is 4.98 Å². The van der Waals surface area contributed by atoms with Gasteiger partial charge >= 0.3 is 0 Å². The van der Waals surface area contributed by atoms with Gasteiger partial charge in [-0.3, -0.25) is 0 Å². The summed E-state index contributed by atoms with van der Waals surface area (Å²) in [7, 11) is 0.